The molecule has 0 unspecified atom stereocenters. The first-order valence-corrected chi connectivity index (χ1v) is 10.6. The minimum atomic E-state index is -4.34. The van der Waals surface area contributed by atoms with E-state index in [4.69, 9.17) is 14.2 Å². The van der Waals surface area contributed by atoms with Crippen molar-refractivity contribution in [3.63, 3.8) is 0 Å². The van der Waals surface area contributed by atoms with Crippen LogP contribution in [0.1, 0.15) is 5.56 Å². The molecule has 3 rings (SSSR count). The summed E-state index contributed by atoms with van der Waals surface area (Å²) < 4.78 is 55.1. The van der Waals surface area contributed by atoms with Crippen molar-refractivity contribution in [3.05, 3.63) is 54.1 Å². The first-order chi connectivity index (χ1) is 15.3. The van der Waals surface area contributed by atoms with Crippen LogP contribution in [0.3, 0.4) is 0 Å². The van der Waals surface area contributed by atoms with Crippen LogP contribution in [-0.4, -0.2) is 70.9 Å². The maximum atomic E-state index is 12.9. The molecule has 1 aliphatic rings. The molecule has 9 heteroatoms. The average molecular weight is 455 g/mol. The highest BCUT2D eigenvalue weighted by atomic mass is 19.4. The number of quaternary nitrogens is 1. The number of hydrogen-bond donors (Lipinski definition) is 2. The SMILES string of the molecule is COc1cccc(OCCOC[C@H](O)C[NH+]2CCN(c3cccc(C(F)(F)F)c3)CC2)c1. The lowest BCUT2D eigenvalue weighted by molar-refractivity contribution is -0.903. The van der Waals surface area contributed by atoms with E-state index >= 15 is 0 Å². The van der Waals surface area contributed by atoms with Crippen LogP contribution in [0.4, 0.5) is 18.9 Å². The summed E-state index contributed by atoms with van der Waals surface area (Å²) in [6.07, 6.45) is -4.95. The molecule has 0 aromatic heterocycles. The highest BCUT2D eigenvalue weighted by Gasteiger charge is 2.31. The number of aliphatic hydroxyl groups is 1. The molecule has 2 aromatic rings. The largest absolute Gasteiger partial charge is 0.497 e. The van der Waals surface area contributed by atoms with E-state index in [2.05, 4.69) is 0 Å². The molecule has 0 radical (unpaired) electrons. The number of anilines is 1. The van der Waals surface area contributed by atoms with E-state index in [1.54, 1.807) is 19.2 Å². The molecule has 0 amide bonds. The number of methoxy groups -OCH3 is 1. The van der Waals surface area contributed by atoms with E-state index in [1.807, 2.05) is 23.1 Å². The van der Waals surface area contributed by atoms with Gasteiger partial charge in [-0.25, -0.2) is 0 Å². The van der Waals surface area contributed by atoms with Gasteiger partial charge in [-0.2, -0.15) is 13.2 Å². The monoisotopic (exact) mass is 455 g/mol. The summed E-state index contributed by atoms with van der Waals surface area (Å²) in [6.45, 7) is 4.22. The van der Waals surface area contributed by atoms with Crippen LogP contribution < -0.4 is 19.3 Å². The van der Waals surface area contributed by atoms with Crippen LogP contribution in [0.5, 0.6) is 11.5 Å². The molecule has 32 heavy (non-hydrogen) atoms. The number of nitrogens with one attached hydrogen (secondary N) is 1. The Morgan fingerprint density at radius 3 is 2.47 bits per heavy atom. The third-order valence-electron chi connectivity index (χ3n) is 5.38. The van der Waals surface area contributed by atoms with E-state index < -0.39 is 17.8 Å². The minimum absolute atomic E-state index is 0.211. The Labute approximate surface area is 186 Å². The number of nitrogens with zero attached hydrogens (tertiary/aromatic N) is 1. The van der Waals surface area contributed by atoms with Crippen molar-refractivity contribution >= 4 is 5.69 Å². The van der Waals surface area contributed by atoms with Crippen LogP contribution in [0.15, 0.2) is 48.5 Å². The predicted molar refractivity (Wildman–Crippen MR) is 115 cm³/mol. The van der Waals surface area contributed by atoms with Gasteiger partial charge in [-0.05, 0) is 30.3 Å². The summed E-state index contributed by atoms with van der Waals surface area (Å²) in [5.74, 6) is 1.41. The molecule has 2 aromatic carbocycles. The Balaban J connectivity index is 1.33. The summed E-state index contributed by atoms with van der Waals surface area (Å²) in [5, 5.41) is 10.3. The molecule has 1 fully saturated rings. The number of rotatable bonds is 10. The quantitative estimate of drug-likeness (QED) is 0.536. The Bertz CT molecular complexity index is 842. The number of piperazine rings is 1. The average Bonchev–Trinajstić information content (AvgIpc) is 2.79. The minimum Gasteiger partial charge on any atom is -0.497 e. The zero-order valence-electron chi connectivity index (χ0n) is 18.1. The summed E-state index contributed by atoms with van der Waals surface area (Å²) in [5.41, 5.74) is -0.0495. The fourth-order valence-corrected chi connectivity index (χ4v) is 3.69. The Morgan fingerprint density at radius 1 is 1.03 bits per heavy atom. The maximum Gasteiger partial charge on any atom is 0.416 e. The fraction of sp³-hybridized carbons (Fsp3) is 0.478. The first-order valence-electron chi connectivity index (χ1n) is 10.6. The Hall–Kier alpha value is -2.49. The van der Waals surface area contributed by atoms with Gasteiger partial charge in [-0.3, -0.25) is 0 Å². The lowest BCUT2D eigenvalue weighted by atomic mass is 10.1. The van der Waals surface area contributed by atoms with Gasteiger partial charge in [-0.15, -0.1) is 0 Å². The van der Waals surface area contributed by atoms with E-state index in [0.717, 1.165) is 24.9 Å². The lowest BCUT2D eigenvalue weighted by Gasteiger charge is -2.34. The number of alkyl halides is 3. The number of halogens is 3. The number of ether oxygens (including phenoxy) is 3. The summed E-state index contributed by atoms with van der Waals surface area (Å²) >= 11 is 0. The number of benzene rings is 2. The van der Waals surface area contributed by atoms with Gasteiger partial charge in [0.2, 0.25) is 0 Å². The van der Waals surface area contributed by atoms with Crippen molar-refractivity contribution in [2.75, 3.05) is 64.6 Å². The Morgan fingerprint density at radius 2 is 1.75 bits per heavy atom. The van der Waals surface area contributed by atoms with Crippen LogP contribution in [0.25, 0.3) is 0 Å². The third kappa shape index (κ3) is 7.29. The summed E-state index contributed by atoms with van der Waals surface area (Å²) in [7, 11) is 1.59. The Kier molecular flexibility index (Phi) is 8.60. The van der Waals surface area contributed by atoms with Crippen molar-refractivity contribution in [1.29, 1.82) is 0 Å². The van der Waals surface area contributed by atoms with E-state index in [1.165, 1.54) is 17.0 Å². The standard InChI is InChI=1S/C23H29F3N2O4/c1-30-21-6-3-7-22(15-21)32-13-12-31-17-20(29)16-27-8-10-28(11-9-27)19-5-2-4-18(14-19)23(24,25)26/h2-7,14-15,20,29H,8-13,16-17H2,1H3/p+1/t20-/m1/s1. The highest BCUT2D eigenvalue weighted by Crippen LogP contribution is 2.31. The van der Waals surface area contributed by atoms with Gasteiger partial charge in [0.05, 0.1) is 52.1 Å². The van der Waals surface area contributed by atoms with Gasteiger partial charge >= 0.3 is 6.18 Å². The number of hydrogen-bond acceptors (Lipinski definition) is 5. The molecule has 2 N–H and O–H groups in total. The molecule has 1 heterocycles. The van der Waals surface area contributed by atoms with Gasteiger partial charge < -0.3 is 29.1 Å². The van der Waals surface area contributed by atoms with Crippen LogP contribution in [0.2, 0.25) is 0 Å². The van der Waals surface area contributed by atoms with Crippen molar-refractivity contribution in [2.45, 2.75) is 12.3 Å². The smallest absolute Gasteiger partial charge is 0.416 e. The topological polar surface area (TPSA) is 55.6 Å². The fourth-order valence-electron chi connectivity index (χ4n) is 3.69. The predicted octanol–water partition coefficient (Wildman–Crippen LogP) is 1.88. The van der Waals surface area contributed by atoms with Crippen LogP contribution in [-0.2, 0) is 10.9 Å². The third-order valence-corrected chi connectivity index (χ3v) is 5.38. The maximum absolute atomic E-state index is 12.9. The molecular weight excluding hydrogens is 425 g/mol. The van der Waals surface area contributed by atoms with Gasteiger partial charge in [0, 0.05) is 11.8 Å². The lowest BCUT2D eigenvalue weighted by Crippen LogP contribution is -3.16. The first kappa shape index (κ1) is 24.2. The van der Waals surface area contributed by atoms with Gasteiger partial charge in [0.25, 0.3) is 0 Å². The van der Waals surface area contributed by atoms with Crippen molar-refractivity contribution in [2.24, 2.45) is 0 Å². The summed E-state index contributed by atoms with van der Waals surface area (Å²) in [6, 6.07) is 12.7. The summed E-state index contributed by atoms with van der Waals surface area (Å²) in [4.78, 5) is 3.16. The second kappa shape index (κ2) is 11.4. The van der Waals surface area contributed by atoms with Crippen molar-refractivity contribution in [3.8, 4) is 11.5 Å². The molecular formula is C23H30F3N2O4+. The highest BCUT2D eigenvalue weighted by molar-refractivity contribution is 5.49. The van der Waals surface area contributed by atoms with E-state index in [9.17, 15) is 18.3 Å². The molecule has 0 spiro atoms. The molecule has 0 saturated carbocycles. The molecule has 1 aliphatic heterocycles. The molecule has 6 nitrogen and oxygen atoms in total. The molecule has 0 aliphatic carbocycles. The second-order valence-electron chi connectivity index (χ2n) is 7.75. The molecule has 176 valence electrons. The van der Waals surface area contributed by atoms with Crippen LogP contribution in [0, 0.1) is 0 Å². The van der Waals surface area contributed by atoms with Crippen molar-refractivity contribution in [1.82, 2.24) is 0 Å². The normalized spacial score (nSPS) is 16.1. The van der Waals surface area contributed by atoms with Gasteiger partial charge in [-0.1, -0.05) is 12.1 Å². The number of aliphatic hydroxyl groups excluding tert-OH is 1. The second-order valence-corrected chi connectivity index (χ2v) is 7.75. The molecule has 0 bridgehead atoms. The van der Waals surface area contributed by atoms with E-state index in [0.29, 0.717) is 44.3 Å². The van der Waals surface area contributed by atoms with Crippen molar-refractivity contribution < 1.29 is 37.4 Å². The van der Waals surface area contributed by atoms with E-state index in [-0.39, 0.29) is 6.61 Å². The molecule has 1 saturated heterocycles. The zero-order valence-corrected chi connectivity index (χ0v) is 18.1. The van der Waals surface area contributed by atoms with Gasteiger partial charge in [0.15, 0.2) is 0 Å². The zero-order chi connectivity index (χ0) is 23.0. The van der Waals surface area contributed by atoms with Crippen LogP contribution >= 0.6 is 0 Å². The van der Waals surface area contributed by atoms with Gasteiger partial charge in [0.1, 0.15) is 30.8 Å². The molecule has 1 atom stereocenters.